The Bertz CT molecular complexity index is 988. The Morgan fingerprint density at radius 3 is 2.73 bits per heavy atom. The Kier molecular flexibility index (Phi) is 7.11. The number of amides is 1. The number of nitrogens with one attached hydrogen (secondary N) is 1. The number of benzene rings is 1. The van der Waals surface area contributed by atoms with Crippen LogP contribution in [0.2, 0.25) is 0 Å². The predicted octanol–water partition coefficient (Wildman–Crippen LogP) is 3.20. The average molecular weight is 443 g/mol. The average Bonchev–Trinajstić information content (AvgIpc) is 3.44. The quantitative estimate of drug-likeness (QED) is 0.403. The van der Waals surface area contributed by atoms with Crippen LogP contribution < -0.4 is 10.2 Å². The van der Waals surface area contributed by atoms with E-state index in [9.17, 15) is 4.79 Å². The summed E-state index contributed by atoms with van der Waals surface area (Å²) in [7, 11) is 0. The number of carbonyl (C=O) groups excluding carboxylic acids is 1. The van der Waals surface area contributed by atoms with Gasteiger partial charge in [0.2, 0.25) is 5.91 Å². The molecular formula is C21H26N6OS2. The molecule has 0 spiro atoms. The normalized spacial score (nSPS) is 13.8. The van der Waals surface area contributed by atoms with Gasteiger partial charge in [0.05, 0.1) is 23.9 Å². The van der Waals surface area contributed by atoms with E-state index >= 15 is 0 Å². The molecule has 2 aromatic heterocycles. The lowest BCUT2D eigenvalue weighted by Crippen LogP contribution is -2.29. The highest BCUT2D eigenvalue weighted by Crippen LogP contribution is 2.28. The molecule has 1 aliphatic heterocycles. The van der Waals surface area contributed by atoms with E-state index in [-0.39, 0.29) is 5.91 Å². The highest BCUT2D eigenvalue weighted by molar-refractivity contribution is 7.99. The van der Waals surface area contributed by atoms with Crippen molar-refractivity contribution < 1.29 is 4.79 Å². The van der Waals surface area contributed by atoms with E-state index in [0.717, 1.165) is 40.9 Å². The fraction of sp³-hybridized carbons (Fsp3) is 0.429. The van der Waals surface area contributed by atoms with Crippen LogP contribution in [0.1, 0.15) is 18.4 Å². The lowest BCUT2D eigenvalue weighted by atomic mass is 10.2. The summed E-state index contributed by atoms with van der Waals surface area (Å²) in [5.74, 6) is 2.32. The van der Waals surface area contributed by atoms with Gasteiger partial charge in [-0.25, -0.2) is 14.6 Å². The summed E-state index contributed by atoms with van der Waals surface area (Å²) in [5, 5.41) is 9.26. The van der Waals surface area contributed by atoms with Crippen LogP contribution in [0.25, 0.3) is 11.0 Å². The van der Waals surface area contributed by atoms with Crippen LogP contribution in [-0.2, 0) is 17.1 Å². The monoisotopic (exact) mass is 442 g/mol. The first-order valence-electron chi connectivity index (χ1n) is 10.2. The minimum Gasteiger partial charge on any atom is -0.356 e. The van der Waals surface area contributed by atoms with E-state index < -0.39 is 0 Å². The molecule has 1 saturated heterocycles. The van der Waals surface area contributed by atoms with E-state index in [2.05, 4.69) is 32.4 Å². The maximum atomic E-state index is 12.2. The van der Waals surface area contributed by atoms with E-state index in [0.29, 0.717) is 18.8 Å². The molecule has 0 radical (unpaired) electrons. The van der Waals surface area contributed by atoms with Crippen LogP contribution in [0.4, 0.5) is 5.82 Å². The zero-order chi connectivity index (χ0) is 20.8. The SMILES string of the molecule is CSc1nc(N2CCCC2)c2cnn(CCNC(=O)CSCc3ccccc3)c2n1. The van der Waals surface area contributed by atoms with Crippen LogP contribution >= 0.6 is 23.5 Å². The third-order valence-electron chi connectivity index (χ3n) is 5.03. The van der Waals surface area contributed by atoms with Crippen molar-refractivity contribution in [2.75, 3.05) is 36.5 Å². The van der Waals surface area contributed by atoms with Gasteiger partial charge in [0.15, 0.2) is 10.8 Å². The van der Waals surface area contributed by atoms with Gasteiger partial charge in [0.1, 0.15) is 5.82 Å². The van der Waals surface area contributed by atoms with E-state index in [1.54, 1.807) is 23.5 Å². The molecule has 7 nitrogen and oxygen atoms in total. The summed E-state index contributed by atoms with van der Waals surface area (Å²) in [6.45, 7) is 3.17. The molecule has 0 bridgehead atoms. The summed E-state index contributed by atoms with van der Waals surface area (Å²) < 4.78 is 1.87. The molecule has 1 N–H and O–H groups in total. The number of carbonyl (C=O) groups is 1. The number of hydrogen-bond acceptors (Lipinski definition) is 7. The zero-order valence-electron chi connectivity index (χ0n) is 17.1. The van der Waals surface area contributed by atoms with Crippen LogP contribution in [0.5, 0.6) is 0 Å². The number of fused-ring (bicyclic) bond motifs is 1. The molecule has 9 heteroatoms. The van der Waals surface area contributed by atoms with E-state index in [4.69, 9.17) is 4.98 Å². The number of rotatable bonds is 9. The van der Waals surface area contributed by atoms with Crippen LogP contribution in [-0.4, -0.2) is 57.3 Å². The largest absolute Gasteiger partial charge is 0.356 e. The first kappa shape index (κ1) is 21.0. The molecule has 4 rings (SSSR count). The summed E-state index contributed by atoms with van der Waals surface area (Å²) in [4.78, 5) is 23.9. The Morgan fingerprint density at radius 1 is 1.17 bits per heavy atom. The second-order valence-electron chi connectivity index (χ2n) is 7.16. The summed E-state index contributed by atoms with van der Waals surface area (Å²) in [5.41, 5.74) is 2.07. The lowest BCUT2D eigenvalue weighted by Gasteiger charge is -2.17. The topological polar surface area (TPSA) is 75.9 Å². The Morgan fingerprint density at radius 2 is 1.97 bits per heavy atom. The van der Waals surface area contributed by atoms with E-state index in [1.807, 2.05) is 35.3 Å². The van der Waals surface area contributed by atoms with Gasteiger partial charge in [-0.2, -0.15) is 5.10 Å². The second kappa shape index (κ2) is 10.2. The highest BCUT2D eigenvalue weighted by atomic mass is 32.2. The van der Waals surface area contributed by atoms with Gasteiger partial charge in [0.25, 0.3) is 0 Å². The number of thioether (sulfide) groups is 2. The number of hydrogen-bond donors (Lipinski definition) is 1. The predicted molar refractivity (Wildman–Crippen MR) is 124 cm³/mol. The van der Waals surface area contributed by atoms with Gasteiger partial charge in [-0.1, -0.05) is 42.1 Å². The van der Waals surface area contributed by atoms with Crippen molar-refractivity contribution in [2.45, 2.75) is 30.3 Å². The van der Waals surface area contributed by atoms with Crippen molar-refractivity contribution in [3.05, 3.63) is 42.1 Å². The van der Waals surface area contributed by atoms with Gasteiger partial charge in [-0.3, -0.25) is 4.79 Å². The van der Waals surface area contributed by atoms with Crippen LogP contribution in [0, 0.1) is 0 Å². The van der Waals surface area contributed by atoms with Crippen molar-refractivity contribution in [2.24, 2.45) is 0 Å². The maximum Gasteiger partial charge on any atom is 0.230 e. The summed E-state index contributed by atoms with van der Waals surface area (Å²) >= 11 is 3.16. The molecule has 1 amide bonds. The molecule has 30 heavy (non-hydrogen) atoms. The second-order valence-corrected chi connectivity index (χ2v) is 8.92. The van der Waals surface area contributed by atoms with Gasteiger partial charge in [-0.15, -0.1) is 11.8 Å². The van der Waals surface area contributed by atoms with Crippen LogP contribution in [0.3, 0.4) is 0 Å². The third kappa shape index (κ3) is 5.07. The molecule has 3 heterocycles. The minimum atomic E-state index is 0.0459. The smallest absolute Gasteiger partial charge is 0.230 e. The highest BCUT2D eigenvalue weighted by Gasteiger charge is 2.20. The Hall–Kier alpha value is -2.26. The van der Waals surface area contributed by atoms with Gasteiger partial charge in [-0.05, 0) is 24.7 Å². The molecule has 1 fully saturated rings. The summed E-state index contributed by atoms with van der Waals surface area (Å²) in [6, 6.07) is 10.2. The first-order chi connectivity index (χ1) is 14.7. The first-order valence-corrected chi connectivity index (χ1v) is 12.5. The molecule has 0 unspecified atom stereocenters. The van der Waals surface area contributed by atoms with Gasteiger partial charge >= 0.3 is 0 Å². The zero-order valence-corrected chi connectivity index (χ0v) is 18.7. The number of anilines is 1. The third-order valence-corrected chi connectivity index (χ3v) is 6.59. The molecule has 0 aliphatic carbocycles. The Balaban J connectivity index is 1.33. The standard InChI is InChI=1S/C21H26N6OS2/c1-29-21-24-19(26-10-5-6-11-26)17-13-23-27(20(17)25-21)12-9-22-18(28)15-30-14-16-7-3-2-4-8-16/h2-4,7-8,13H,5-6,9-12,14-15H2,1H3,(H,22,28). The molecule has 0 atom stereocenters. The molecule has 0 saturated carbocycles. The molecule has 1 aliphatic rings. The van der Waals surface area contributed by atoms with Gasteiger partial charge < -0.3 is 10.2 Å². The molecule has 158 valence electrons. The van der Waals surface area contributed by atoms with Gasteiger partial charge in [0, 0.05) is 25.4 Å². The van der Waals surface area contributed by atoms with Crippen LogP contribution in [0.15, 0.2) is 41.7 Å². The maximum absolute atomic E-state index is 12.2. The number of nitrogens with zero attached hydrogens (tertiary/aromatic N) is 5. The lowest BCUT2D eigenvalue weighted by molar-refractivity contribution is -0.118. The van der Waals surface area contributed by atoms with Crippen molar-refractivity contribution in [1.29, 1.82) is 0 Å². The fourth-order valence-electron chi connectivity index (χ4n) is 3.53. The van der Waals surface area contributed by atoms with Crippen molar-refractivity contribution in [1.82, 2.24) is 25.1 Å². The molecule has 3 aromatic rings. The summed E-state index contributed by atoms with van der Waals surface area (Å²) in [6.07, 6.45) is 6.23. The molecule has 1 aromatic carbocycles. The van der Waals surface area contributed by atoms with Crippen molar-refractivity contribution in [3.8, 4) is 0 Å². The van der Waals surface area contributed by atoms with Crippen molar-refractivity contribution in [3.63, 3.8) is 0 Å². The molecular weight excluding hydrogens is 416 g/mol. The number of aromatic nitrogens is 4. The Labute approximate surface area is 185 Å². The van der Waals surface area contributed by atoms with Crippen molar-refractivity contribution >= 4 is 46.3 Å². The minimum absolute atomic E-state index is 0.0459. The van der Waals surface area contributed by atoms with E-state index in [1.165, 1.54) is 18.4 Å². The fourth-order valence-corrected chi connectivity index (χ4v) is 4.71.